The maximum Gasteiger partial charge on any atom is 0.247 e. The van der Waals surface area contributed by atoms with Gasteiger partial charge in [-0.15, -0.1) is 0 Å². The van der Waals surface area contributed by atoms with Gasteiger partial charge in [0.05, 0.1) is 0 Å². The van der Waals surface area contributed by atoms with Gasteiger partial charge in [0.15, 0.2) is 9.84 Å². The van der Waals surface area contributed by atoms with E-state index in [-0.39, 0.29) is 0 Å². The molecule has 5 nitrogen and oxygen atoms in total. The van der Waals surface area contributed by atoms with Gasteiger partial charge in [-0.1, -0.05) is 13.0 Å². The zero-order valence-electron chi connectivity index (χ0n) is 12.4. The number of nitrogen functional groups attached to an aromatic ring is 1. The molecule has 0 aliphatic heterocycles. The predicted molar refractivity (Wildman–Crippen MR) is 82.4 cm³/mol. The van der Waals surface area contributed by atoms with Crippen LogP contribution in [0, 0.1) is 0 Å². The number of hydrogen-bond acceptors (Lipinski definition) is 4. The first-order valence-electron chi connectivity index (χ1n) is 6.48. The molecule has 2 N–H and O–H groups in total. The summed E-state index contributed by atoms with van der Waals surface area (Å²) in [6.45, 7) is 5.24. The van der Waals surface area contributed by atoms with Crippen molar-refractivity contribution in [3.05, 3.63) is 24.3 Å². The summed E-state index contributed by atoms with van der Waals surface area (Å²) in [6, 6.07) is 6.89. The Balaban J connectivity index is 3.25. The molecule has 1 aromatic carbocycles. The highest BCUT2D eigenvalue weighted by Gasteiger charge is 2.41. The van der Waals surface area contributed by atoms with Crippen LogP contribution in [-0.2, 0) is 14.6 Å². The Labute approximate surface area is 120 Å². The average molecular weight is 298 g/mol. The Morgan fingerprint density at radius 3 is 2.40 bits per heavy atom. The van der Waals surface area contributed by atoms with Crippen LogP contribution in [0.15, 0.2) is 24.3 Å². The molecule has 0 heterocycles. The zero-order valence-corrected chi connectivity index (χ0v) is 13.2. The van der Waals surface area contributed by atoms with Crippen molar-refractivity contribution in [1.82, 2.24) is 0 Å². The van der Waals surface area contributed by atoms with Crippen LogP contribution in [0.4, 0.5) is 11.4 Å². The summed E-state index contributed by atoms with van der Waals surface area (Å²) in [5.41, 5.74) is 6.89. The van der Waals surface area contributed by atoms with E-state index in [1.54, 1.807) is 24.3 Å². The van der Waals surface area contributed by atoms with Gasteiger partial charge < -0.3 is 10.6 Å². The lowest BCUT2D eigenvalue weighted by atomic mass is 10.1. The second kappa shape index (κ2) is 5.83. The number of carbonyl (C=O) groups is 1. The van der Waals surface area contributed by atoms with Gasteiger partial charge in [0.2, 0.25) is 5.91 Å². The molecule has 0 radical (unpaired) electrons. The van der Waals surface area contributed by atoms with Crippen molar-refractivity contribution >= 4 is 27.1 Å². The minimum Gasteiger partial charge on any atom is -0.399 e. The number of rotatable bonds is 5. The van der Waals surface area contributed by atoms with E-state index in [2.05, 4.69) is 0 Å². The lowest BCUT2D eigenvalue weighted by Gasteiger charge is -2.30. The number of hydrogen-bond donors (Lipinski definition) is 1. The van der Waals surface area contributed by atoms with E-state index in [0.717, 1.165) is 12.7 Å². The lowest BCUT2D eigenvalue weighted by Crippen LogP contribution is -2.50. The normalized spacial score (nSPS) is 12.2. The van der Waals surface area contributed by atoms with Crippen LogP contribution in [0.25, 0.3) is 0 Å². The molecule has 0 fully saturated rings. The van der Waals surface area contributed by atoms with Gasteiger partial charge in [-0.25, -0.2) is 8.42 Å². The highest BCUT2D eigenvalue weighted by molar-refractivity contribution is 7.92. The van der Waals surface area contributed by atoms with Gasteiger partial charge in [-0.2, -0.15) is 0 Å². The number of anilines is 2. The average Bonchev–Trinajstić information content (AvgIpc) is 2.33. The molecular formula is C14H22N2O3S. The minimum absolute atomic E-state index is 0.438. The van der Waals surface area contributed by atoms with Crippen LogP contribution in [0.3, 0.4) is 0 Å². The fourth-order valence-electron chi connectivity index (χ4n) is 1.75. The van der Waals surface area contributed by atoms with Gasteiger partial charge in [-0.3, -0.25) is 4.79 Å². The van der Waals surface area contributed by atoms with E-state index < -0.39 is 20.5 Å². The Hall–Kier alpha value is -1.56. The molecule has 0 bridgehead atoms. The molecule has 20 heavy (non-hydrogen) atoms. The number of carbonyl (C=O) groups excluding carboxylic acids is 1. The van der Waals surface area contributed by atoms with Crippen molar-refractivity contribution in [2.24, 2.45) is 0 Å². The Morgan fingerprint density at radius 1 is 1.35 bits per heavy atom. The SMILES string of the molecule is CCCN(C(=O)C(C)(C)S(C)(=O)=O)c1cccc(N)c1. The summed E-state index contributed by atoms with van der Waals surface area (Å²) < 4.78 is 22.2. The Morgan fingerprint density at radius 2 is 1.95 bits per heavy atom. The largest absolute Gasteiger partial charge is 0.399 e. The first-order valence-corrected chi connectivity index (χ1v) is 8.37. The molecule has 0 spiro atoms. The Bertz CT molecular complexity index is 594. The van der Waals surface area contributed by atoms with Crippen molar-refractivity contribution < 1.29 is 13.2 Å². The van der Waals surface area contributed by atoms with E-state index >= 15 is 0 Å². The summed E-state index contributed by atoms with van der Waals surface area (Å²) >= 11 is 0. The second-order valence-electron chi connectivity index (χ2n) is 5.33. The molecule has 1 rings (SSSR count). The van der Waals surface area contributed by atoms with Gasteiger partial charge in [0.25, 0.3) is 0 Å². The summed E-state index contributed by atoms with van der Waals surface area (Å²) in [6.07, 6.45) is 1.80. The van der Waals surface area contributed by atoms with Crippen LogP contribution < -0.4 is 10.6 Å². The summed E-state index contributed by atoms with van der Waals surface area (Å²) in [5, 5.41) is 0. The molecule has 1 aromatic rings. The highest BCUT2D eigenvalue weighted by atomic mass is 32.2. The molecule has 0 aromatic heterocycles. The zero-order chi connectivity index (χ0) is 15.6. The first kappa shape index (κ1) is 16.5. The monoisotopic (exact) mass is 298 g/mol. The van der Waals surface area contributed by atoms with Crippen LogP contribution in [0.1, 0.15) is 27.2 Å². The second-order valence-corrected chi connectivity index (χ2v) is 7.90. The molecule has 112 valence electrons. The number of nitrogens with zero attached hydrogens (tertiary/aromatic N) is 1. The highest BCUT2D eigenvalue weighted by Crippen LogP contribution is 2.25. The third-order valence-corrected chi connectivity index (χ3v) is 5.34. The van der Waals surface area contributed by atoms with Crippen molar-refractivity contribution in [3.63, 3.8) is 0 Å². The van der Waals surface area contributed by atoms with Crippen molar-refractivity contribution in [1.29, 1.82) is 0 Å². The van der Waals surface area contributed by atoms with Crippen LogP contribution in [0.2, 0.25) is 0 Å². The quantitative estimate of drug-likeness (QED) is 0.841. The van der Waals surface area contributed by atoms with E-state index in [9.17, 15) is 13.2 Å². The molecule has 0 atom stereocenters. The van der Waals surface area contributed by atoms with Crippen LogP contribution in [-0.4, -0.2) is 31.9 Å². The van der Waals surface area contributed by atoms with E-state index in [4.69, 9.17) is 5.73 Å². The minimum atomic E-state index is -3.51. The van der Waals surface area contributed by atoms with E-state index in [1.165, 1.54) is 18.7 Å². The third kappa shape index (κ3) is 3.30. The van der Waals surface area contributed by atoms with Crippen molar-refractivity contribution in [2.75, 3.05) is 23.4 Å². The maximum absolute atomic E-state index is 12.6. The topological polar surface area (TPSA) is 80.5 Å². The molecule has 0 aliphatic rings. The number of benzene rings is 1. The summed E-state index contributed by atoms with van der Waals surface area (Å²) in [5.74, 6) is -0.438. The summed E-state index contributed by atoms with van der Waals surface area (Å²) in [4.78, 5) is 14.1. The molecule has 6 heteroatoms. The fourth-order valence-corrected chi connectivity index (χ4v) is 2.18. The van der Waals surface area contributed by atoms with Gasteiger partial charge in [0.1, 0.15) is 4.75 Å². The summed E-state index contributed by atoms with van der Waals surface area (Å²) in [7, 11) is -3.51. The maximum atomic E-state index is 12.6. The number of sulfone groups is 1. The molecule has 1 amide bonds. The van der Waals surface area contributed by atoms with Gasteiger partial charge >= 0.3 is 0 Å². The van der Waals surface area contributed by atoms with Crippen LogP contribution in [0.5, 0.6) is 0 Å². The van der Waals surface area contributed by atoms with Crippen molar-refractivity contribution in [3.8, 4) is 0 Å². The Kier molecular flexibility index (Phi) is 4.81. The van der Waals surface area contributed by atoms with Crippen molar-refractivity contribution in [2.45, 2.75) is 31.9 Å². The van der Waals surface area contributed by atoms with E-state index in [0.29, 0.717) is 17.9 Å². The predicted octanol–water partition coefficient (Wildman–Crippen LogP) is 1.84. The third-order valence-electron chi connectivity index (χ3n) is 3.32. The lowest BCUT2D eigenvalue weighted by molar-refractivity contribution is -0.120. The first-order chi connectivity index (χ1) is 9.11. The number of nitrogens with two attached hydrogens (primary N) is 1. The van der Waals surface area contributed by atoms with Gasteiger partial charge in [-0.05, 0) is 38.5 Å². The molecular weight excluding hydrogens is 276 g/mol. The van der Waals surface area contributed by atoms with Crippen LogP contribution >= 0.6 is 0 Å². The number of amides is 1. The van der Waals surface area contributed by atoms with Gasteiger partial charge in [0, 0.05) is 24.2 Å². The molecule has 0 aliphatic carbocycles. The fraction of sp³-hybridized carbons (Fsp3) is 0.500. The molecule has 0 saturated carbocycles. The standard InChI is InChI=1S/C14H22N2O3S/c1-5-9-16(12-8-6-7-11(15)10-12)13(17)14(2,3)20(4,18)19/h6-8,10H,5,9,15H2,1-4H3. The smallest absolute Gasteiger partial charge is 0.247 e. The molecule has 0 unspecified atom stereocenters. The van der Waals surface area contributed by atoms with E-state index in [1.807, 2.05) is 6.92 Å². The molecule has 0 saturated heterocycles.